The highest BCUT2D eigenvalue weighted by atomic mass is 16.6. The summed E-state index contributed by atoms with van der Waals surface area (Å²) in [7, 11) is 0. The molecule has 0 unspecified atom stereocenters. The van der Waals surface area contributed by atoms with Gasteiger partial charge in [-0.25, -0.2) is 14.8 Å². The zero-order valence-electron chi connectivity index (χ0n) is 13.0. The SMILES string of the molecule is CC(C)(C)OC(=O)NC[C@H]1CCCN(c2ncccn2)C1. The molecule has 2 heterocycles. The maximum atomic E-state index is 11.7. The van der Waals surface area contributed by atoms with Gasteiger partial charge in [-0.1, -0.05) is 0 Å². The smallest absolute Gasteiger partial charge is 0.407 e. The third-order valence-corrected chi connectivity index (χ3v) is 3.29. The van der Waals surface area contributed by atoms with Crippen LogP contribution in [0.2, 0.25) is 0 Å². The van der Waals surface area contributed by atoms with E-state index in [0.717, 1.165) is 31.9 Å². The van der Waals surface area contributed by atoms with Gasteiger partial charge in [0.15, 0.2) is 0 Å². The summed E-state index contributed by atoms with van der Waals surface area (Å²) in [6, 6.07) is 1.81. The zero-order chi connectivity index (χ0) is 15.3. The molecule has 1 aliphatic rings. The number of hydrogen-bond acceptors (Lipinski definition) is 5. The first-order valence-corrected chi connectivity index (χ1v) is 7.43. The molecule has 0 saturated carbocycles. The van der Waals surface area contributed by atoms with Crippen LogP contribution in [0.3, 0.4) is 0 Å². The fourth-order valence-electron chi connectivity index (χ4n) is 2.41. The van der Waals surface area contributed by atoms with E-state index in [4.69, 9.17) is 4.74 Å². The van der Waals surface area contributed by atoms with E-state index in [0.29, 0.717) is 12.5 Å². The lowest BCUT2D eigenvalue weighted by atomic mass is 9.98. The number of alkyl carbamates (subject to hydrolysis) is 1. The first kappa shape index (κ1) is 15.5. The topological polar surface area (TPSA) is 67.3 Å². The van der Waals surface area contributed by atoms with Crippen LogP contribution in [0, 0.1) is 5.92 Å². The lowest BCUT2D eigenvalue weighted by Crippen LogP contribution is -2.42. The van der Waals surface area contributed by atoms with Crippen molar-refractivity contribution in [2.24, 2.45) is 5.92 Å². The molecule has 0 aromatic carbocycles. The Morgan fingerprint density at radius 3 is 2.81 bits per heavy atom. The quantitative estimate of drug-likeness (QED) is 0.925. The summed E-state index contributed by atoms with van der Waals surface area (Å²) >= 11 is 0. The van der Waals surface area contributed by atoms with Gasteiger partial charge in [-0.2, -0.15) is 0 Å². The monoisotopic (exact) mass is 292 g/mol. The molecule has 1 atom stereocenters. The molecule has 0 bridgehead atoms. The molecule has 1 fully saturated rings. The van der Waals surface area contributed by atoms with Crippen molar-refractivity contribution in [3.05, 3.63) is 18.5 Å². The summed E-state index contributed by atoms with van der Waals surface area (Å²) in [6.07, 6.45) is 5.34. The molecule has 0 spiro atoms. The largest absolute Gasteiger partial charge is 0.444 e. The van der Waals surface area contributed by atoms with Crippen molar-refractivity contribution < 1.29 is 9.53 Å². The molecule has 21 heavy (non-hydrogen) atoms. The third kappa shape index (κ3) is 5.21. The lowest BCUT2D eigenvalue weighted by molar-refractivity contribution is 0.0517. The zero-order valence-corrected chi connectivity index (χ0v) is 13.0. The summed E-state index contributed by atoms with van der Waals surface area (Å²) < 4.78 is 5.25. The Morgan fingerprint density at radius 2 is 2.14 bits per heavy atom. The van der Waals surface area contributed by atoms with Crippen molar-refractivity contribution in [3.8, 4) is 0 Å². The highest BCUT2D eigenvalue weighted by Crippen LogP contribution is 2.19. The second kappa shape index (κ2) is 6.74. The summed E-state index contributed by atoms with van der Waals surface area (Å²) in [5.74, 6) is 1.16. The maximum Gasteiger partial charge on any atom is 0.407 e. The van der Waals surface area contributed by atoms with Gasteiger partial charge < -0.3 is 15.0 Å². The van der Waals surface area contributed by atoms with E-state index in [1.807, 2.05) is 26.8 Å². The van der Waals surface area contributed by atoms with Crippen LogP contribution in [0.1, 0.15) is 33.6 Å². The molecule has 116 valence electrons. The molecule has 1 amide bonds. The van der Waals surface area contributed by atoms with E-state index in [2.05, 4.69) is 20.2 Å². The van der Waals surface area contributed by atoms with E-state index >= 15 is 0 Å². The number of aromatic nitrogens is 2. The minimum absolute atomic E-state index is 0.351. The first-order chi connectivity index (χ1) is 9.94. The first-order valence-electron chi connectivity index (χ1n) is 7.43. The predicted molar refractivity (Wildman–Crippen MR) is 81.2 cm³/mol. The van der Waals surface area contributed by atoms with Gasteiger partial charge in [0.25, 0.3) is 0 Å². The molecule has 6 nitrogen and oxygen atoms in total. The second-order valence-electron chi connectivity index (χ2n) is 6.39. The average molecular weight is 292 g/mol. The number of hydrogen-bond donors (Lipinski definition) is 1. The van der Waals surface area contributed by atoms with Gasteiger partial charge in [0.1, 0.15) is 5.60 Å². The molecular formula is C15H24N4O2. The normalized spacial score (nSPS) is 19.2. The van der Waals surface area contributed by atoms with Crippen molar-refractivity contribution in [1.82, 2.24) is 15.3 Å². The van der Waals surface area contributed by atoms with Crippen LogP contribution in [-0.4, -0.2) is 41.3 Å². The molecule has 2 rings (SSSR count). The number of ether oxygens (including phenoxy) is 1. The van der Waals surface area contributed by atoms with Gasteiger partial charge in [-0.3, -0.25) is 0 Å². The van der Waals surface area contributed by atoms with Gasteiger partial charge in [-0.15, -0.1) is 0 Å². The summed E-state index contributed by atoms with van der Waals surface area (Å²) in [5, 5.41) is 2.85. The van der Waals surface area contributed by atoms with Gasteiger partial charge in [-0.05, 0) is 45.6 Å². The number of carbonyl (C=O) groups excluding carboxylic acids is 1. The predicted octanol–water partition coefficient (Wildman–Crippen LogP) is 2.22. The lowest BCUT2D eigenvalue weighted by Gasteiger charge is -2.32. The number of nitrogens with one attached hydrogen (secondary N) is 1. The molecule has 0 radical (unpaired) electrons. The molecular weight excluding hydrogens is 268 g/mol. The highest BCUT2D eigenvalue weighted by Gasteiger charge is 2.23. The highest BCUT2D eigenvalue weighted by molar-refractivity contribution is 5.67. The Kier molecular flexibility index (Phi) is 4.98. The van der Waals surface area contributed by atoms with Crippen LogP contribution >= 0.6 is 0 Å². The van der Waals surface area contributed by atoms with Crippen molar-refractivity contribution in [2.75, 3.05) is 24.5 Å². The summed E-state index contributed by atoms with van der Waals surface area (Å²) in [6.45, 7) is 8.04. The van der Waals surface area contributed by atoms with Crippen molar-refractivity contribution in [3.63, 3.8) is 0 Å². The molecule has 1 N–H and O–H groups in total. The number of anilines is 1. The van der Waals surface area contributed by atoms with Crippen LogP contribution in [0.25, 0.3) is 0 Å². The molecule has 1 aromatic rings. The minimum Gasteiger partial charge on any atom is -0.444 e. The number of amides is 1. The molecule has 6 heteroatoms. The van der Waals surface area contributed by atoms with Crippen molar-refractivity contribution in [2.45, 2.75) is 39.2 Å². The van der Waals surface area contributed by atoms with Crippen LogP contribution in [0.15, 0.2) is 18.5 Å². The number of piperidine rings is 1. The standard InChI is InChI=1S/C15H24N4O2/c1-15(2,3)21-14(20)18-10-12-6-4-9-19(11-12)13-16-7-5-8-17-13/h5,7-8,12H,4,6,9-11H2,1-3H3,(H,18,20)/t12-/m1/s1. The summed E-state index contributed by atoms with van der Waals surface area (Å²) in [5.41, 5.74) is -0.458. The maximum absolute atomic E-state index is 11.7. The molecule has 1 saturated heterocycles. The van der Waals surface area contributed by atoms with E-state index in [-0.39, 0.29) is 6.09 Å². The van der Waals surface area contributed by atoms with E-state index < -0.39 is 5.60 Å². The Hall–Kier alpha value is -1.85. The van der Waals surface area contributed by atoms with E-state index in [1.54, 1.807) is 12.4 Å². The number of rotatable bonds is 3. The number of nitrogens with zero attached hydrogens (tertiary/aromatic N) is 3. The Bertz CT molecular complexity index is 458. The van der Waals surface area contributed by atoms with E-state index in [9.17, 15) is 4.79 Å². The van der Waals surface area contributed by atoms with Crippen LogP contribution in [-0.2, 0) is 4.74 Å². The fourth-order valence-corrected chi connectivity index (χ4v) is 2.41. The second-order valence-corrected chi connectivity index (χ2v) is 6.39. The molecule has 1 aliphatic heterocycles. The molecule has 1 aromatic heterocycles. The van der Waals surface area contributed by atoms with Gasteiger partial charge in [0.2, 0.25) is 5.95 Å². The Labute approximate surface area is 125 Å². The Balaban J connectivity index is 1.81. The summed E-state index contributed by atoms with van der Waals surface area (Å²) in [4.78, 5) is 22.4. The molecule has 0 aliphatic carbocycles. The minimum atomic E-state index is -0.458. The van der Waals surface area contributed by atoms with Gasteiger partial charge in [0, 0.05) is 32.0 Å². The van der Waals surface area contributed by atoms with Crippen molar-refractivity contribution >= 4 is 12.0 Å². The van der Waals surface area contributed by atoms with Crippen molar-refractivity contribution in [1.29, 1.82) is 0 Å². The van der Waals surface area contributed by atoms with Gasteiger partial charge >= 0.3 is 6.09 Å². The third-order valence-electron chi connectivity index (χ3n) is 3.29. The number of carbonyl (C=O) groups is 1. The Morgan fingerprint density at radius 1 is 1.43 bits per heavy atom. The average Bonchev–Trinajstić information content (AvgIpc) is 2.45. The van der Waals surface area contributed by atoms with Crippen LogP contribution < -0.4 is 10.2 Å². The van der Waals surface area contributed by atoms with Crippen LogP contribution in [0.5, 0.6) is 0 Å². The van der Waals surface area contributed by atoms with Crippen LogP contribution in [0.4, 0.5) is 10.7 Å². The van der Waals surface area contributed by atoms with Gasteiger partial charge in [0.05, 0.1) is 0 Å². The van der Waals surface area contributed by atoms with E-state index in [1.165, 1.54) is 0 Å². The fraction of sp³-hybridized carbons (Fsp3) is 0.667.